The zero-order valence-corrected chi connectivity index (χ0v) is 14.1. The van der Waals surface area contributed by atoms with Crippen LogP contribution in [0.5, 0.6) is 0 Å². The van der Waals surface area contributed by atoms with E-state index < -0.39 is 4.92 Å². The van der Waals surface area contributed by atoms with Crippen molar-refractivity contribution in [2.24, 2.45) is 5.92 Å². The third-order valence-corrected chi connectivity index (χ3v) is 5.48. The molecule has 1 aromatic heterocycles. The summed E-state index contributed by atoms with van der Waals surface area (Å²) in [5, 5.41) is 14.9. The fraction of sp³-hybridized carbons (Fsp3) is 0.556. The lowest BCUT2D eigenvalue weighted by atomic mass is 9.78. The number of nitro groups is 1. The summed E-state index contributed by atoms with van der Waals surface area (Å²) in [6, 6.07) is 6.98. The molecule has 4 rings (SSSR count). The molecular formula is C18H22N4O3. The summed E-state index contributed by atoms with van der Waals surface area (Å²) >= 11 is 0. The van der Waals surface area contributed by atoms with Gasteiger partial charge in [-0.2, -0.15) is 4.98 Å². The van der Waals surface area contributed by atoms with Crippen LogP contribution in [0.4, 0.5) is 5.69 Å². The zero-order chi connectivity index (χ0) is 17.2. The second kappa shape index (κ2) is 6.92. The van der Waals surface area contributed by atoms with Crippen LogP contribution >= 0.6 is 0 Å². The molecule has 1 aliphatic carbocycles. The molecule has 2 atom stereocenters. The van der Waals surface area contributed by atoms with Gasteiger partial charge in [0.2, 0.25) is 11.7 Å². The monoisotopic (exact) mass is 342 g/mol. The van der Waals surface area contributed by atoms with Gasteiger partial charge in [0.15, 0.2) is 0 Å². The summed E-state index contributed by atoms with van der Waals surface area (Å²) in [6.07, 6.45) is 7.82. The van der Waals surface area contributed by atoms with Crippen LogP contribution in [0, 0.1) is 16.0 Å². The molecule has 0 unspecified atom stereocenters. The number of hydrogen-bond acceptors (Lipinski definition) is 6. The largest absolute Gasteiger partial charge is 0.338 e. The Morgan fingerprint density at radius 2 is 2.08 bits per heavy atom. The van der Waals surface area contributed by atoms with Gasteiger partial charge >= 0.3 is 0 Å². The van der Waals surface area contributed by atoms with Gasteiger partial charge in [-0.3, -0.25) is 15.0 Å². The number of benzene rings is 1. The number of piperidine rings is 1. The van der Waals surface area contributed by atoms with E-state index in [9.17, 15) is 10.1 Å². The maximum Gasteiger partial charge on any atom is 0.270 e. The van der Waals surface area contributed by atoms with E-state index in [2.05, 4.69) is 15.0 Å². The Labute approximate surface area is 146 Å². The van der Waals surface area contributed by atoms with Gasteiger partial charge in [0.25, 0.3) is 5.69 Å². The van der Waals surface area contributed by atoms with E-state index in [1.54, 1.807) is 12.1 Å². The smallest absolute Gasteiger partial charge is 0.270 e. The number of nitro benzene ring substituents is 1. The van der Waals surface area contributed by atoms with Crippen LogP contribution in [0.1, 0.15) is 44.4 Å². The molecule has 7 heteroatoms. The first-order valence-electron chi connectivity index (χ1n) is 9.02. The molecule has 132 valence electrons. The lowest BCUT2D eigenvalue weighted by molar-refractivity contribution is -0.384. The average molecular weight is 342 g/mol. The number of aromatic nitrogens is 2. The molecule has 0 bridgehead atoms. The van der Waals surface area contributed by atoms with Crippen LogP contribution in [-0.4, -0.2) is 32.6 Å². The first kappa shape index (κ1) is 16.2. The number of fused-ring (bicyclic) bond motifs is 1. The number of hydrogen-bond donors (Lipinski definition) is 0. The van der Waals surface area contributed by atoms with Crippen LogP contribution in [0.3, 0.4) is 0 Å². The molecule has 0 radical (unpaired) electrons. The van der Waals surface area contributed by atoms with Crippen molar-refractivity contribution in [2.45, 2.75) is 51.1 Å². The van der Waals surface area contributed by atoms with E-state index >= 15 is 0 Å². The van der Waals surface area contributed by atoms with Gasteiger partial charge in [0.1, 0.15) is 0 Å². The highest BCUT2D eigenvalue weighted by Crippen LogP contribution is 2.36. The Bertz CT molecular complexity index is 758. The van der Waals surface area contributed by atoms with Gasteiger partial charge in [0.05, 0.1) is 11.5 Å². The molecule has 25 heavy (non-hydrogen) atoms. The van der Waals surface area contributed by atoms with Crippen LogP contribution in [0.2, 0.25) is 0 Å². The molecular weight excluding hydrogens is 320 g/mol. The normalized spacial score (nSPS) is 24.0. The van der Waals surface area contributed by atoms with Crippen LogP contribution in [-0.2, 0) is 6.54 Å². The first-order valence-corrected chi connectivity index (χ1v) is 9.02. The van der Waals surface area contributed by atoms with Crippen molar-refractivity contribution in [1.82, 2.24) is 15.0 Å². The molecule has 0 spiro atoms. The lowest BCUT2D eigenvalue weighted by Gasteiger charge is -2.43. The summed E-state index contributed by atoms with van der Waals surface area (Å²) in [7, 11) is 0. The molecule has 2 fully saturated rings. The molecule has 2 aromatic rings. The Hall–Kier alpha value is -2.28. The highest BCUT2D eigenvalue weighted by atomic mass is 16.6. The molecule has 2 heterocycles. The van der Waals surface area contributed by atoms with E-state index in [4.69, 9.17) is 4.52 Å². The lowest BCUT2D eigenvalue weighted by Crippen LogP contribution is -2.46. The van der Waals surface area contributed by atoms with Crippen LogP contribution in [0.15, 0.2) is 28.8 Å². The first-order chi connectivity index (χ1) is 12.2. The summed E-state index contributed by atoms with van der Waals surface area (Å²) in [5.41, 5.74) is 0.642. The van der Waals surface area contributed by atoms with E-state index in [0.29, 0.717) is 29.9 Å². The third kappa shape index (κ3) is 3.42. The van der Waals surface area contributed by atoms with Gasteiger partial charge < -0.3 is 4.52 Å². The summed E-state index contributed by atoms with van der Waals surface area (Å²) < 4.78 is 5.43. The highest BCUT2D eigenvalue weighted by molar-refractivity contribution is 5.58. The Morgan fingerprint density at radius 3 is 2.96 bits per heavy atom. The van der Waals surface area contributed by atoms with E-state index in [1.165, 1.54) is 50.7 Å². The predicted octanol–water partition coefficient (Wildman–Crippen LogP) is 3.80. The molecule has 1 aliphatic heterocycles. The minimum Gasteiger partial charge on any atom is -0.338 e. The molecule has 7 nitrogen and oxygen atoms in total. The van der Waals surface area contributed by atoms with Crippen molar-refractivity contribution >= 4 is 5.69 Å². The van der Waals surface area contributed by atoms with Crippen molar-refractivity contribution in [1.29, 1.82) is 0 Å². The predicted molar refractivity (Wildman–Crippen MR) is 91.8 cm³/mol. The number of non-ortho nitro benzene ring substituents is 1. The maximum atomic E-state index is 10.9. The summed E-state index contributed by atoms with van der Waals surface area (Å²) in [4.78, 5) is 17.5. The number of likely N-dealkylation sites (tertiary alicyclic amines) is 1. The standard InChI is InChI=1S/C18H22N4O3/c23-22(24)15-8-3-6-14(11-15)18-19-17(25-20-18)12-21-10-4-7-13-5-1-2-9-16(13)21/h3,6,8,11,13,16H,1-2,4-5,7,9-10,12H2/t13-,16-/m0/s1. The average Bonchev–Trinajstić information content (AvgIpc) is 3.11. The van der Waals surface area contributed by atoms with Gasteiger partial charge in [-0.25, -0.2) is 0 Å². The topological polar surface area (TPSA) is 85.3 Å². The Kier molecular flexibility index (Phi) is 4.48. The van der Waals surface area contributed by atoms with E-state index in [0.717, 1.165) is 12.5 Å². The SMILES string of the molecule is O=[N+]([O-])c1cccc(-c2noc(CN3CCC[C@@H]4CCCC[C@@H]43)n2)c1. The van der Waals surface area contributed by atoms with Crippen LogP contribution < -0.4 is 0 Å². The van der Waals surface area contributed by atoms with Crippen molar-refractivity contribution in [3.05, 3.63) is 40.3 Å². The van der Waals surface area contributed by atoms with E-state index in [1.807, 2.05) is 0 Å². The minimum absolute atomic E-state index is 0.0323. The van der Waals surface area contributed by atoms with Crippen molar-refractivity contribution in [3.8, 4) is 11.4 Å². The number of nitrogens with zero attached hydrogens (tertiary/aromatic N) is 4. The fourth-order valence-electron chi connectivity index (χ4n) is 4.29. The summed E-state index contributed by atoms with van der Waals surface area (Å²) in [6.45, 7) is 1.75. The fourth-order valence-corrected chi connectivity index (χ4v) is 4.29. The maximum absolute atomic E-state index is 10.9. The molecule has 1 saturated carbocycles. The van der Waals surface area contributed by atoms with Crippen LogP contribution in [0.25, 0.3) is 11.4 Å². The van der Waals surface area contributed by atoms with Gasteiger partial charge in [0, 0.05) is 23.7 Å². The Morgan fingerprint density at radius 1 is 1.24 bits per heavy atom. The second-order valence-electron chi connectivity index (χ2n) is 7.04. The molecule has 0 N–H and O–H groups in total. The molecule has 0 amide bonds. The minimum atomic E-state index is -0.415. The van der Waals surface area contributed by atoms with Gasteiger partial charge in [-0.1, -0.05) is 30.1 Å². The van der Waals surface area contributed by atoms with Crippen molar-refractivity contribution in [3.63, 3.8) is 0 Å². The third-order valence-electron chi connectivity index (χ3n) is 5.48. The summed E-state index contributed by atoms with van der Waals surface area (Å²) in [5.74, 6) is 1.81. The zero-order valence-electron chi connectivity index (χ0n) is 14.1. The van der Waals surface area contributed by atoms with Crippen molar-refractivity contribution in [2.75, 3.05) is 6.54 Å². The molecule has 1 saturated heterocycles. The van der Waals surface area contributed by atoms with Gasteiger partial charge in [-0.15, -0.1) is 0 Å². The Balaban J connectivity index is 1.49. The van der Waals surface area contributed by atoms with Crippen molar-refractivity contribution < 1.29 is 9.45 Å². The molecule has 1 aromatic carbocycles. The van der Waals surface area contributed by atoms with E-state index in [-0.39, 0.29) is 5.69 Å². The molecule has 2 aliphatic rings. The van der Waals surface area contributed by atoms with Gasteiger partial charge in [-0.05, 0) is 38.1 Å². The second-order valence-corrected chi connectivity index (χ2v) is 7.04. The quantitative estimate of drug-likeness (QED) is 0.620. The number of rotatable bonds is 4. The highest BCUT2D eigenvalue weighted by Gasteiger charge is 2.33.